The van der Waals surface area contributed by atoms with Gasteiger partial charge in [-0.15, -0.1) is 0 Å². The number of benzene rings is 1. The minimum atomic E-state index is -4.52. The fourth-order valence-corrected chi connectivity index (χ4v) is 3.26. The van der Waals surface area contributed by atoms with Gasteiger partial charge < -0.3 is 5.32 Å². The lowest BCUT2D eigenvalue weighted by Gasteiger charge is -2.14. The van der Waals surface area contributed by atoms with Gasteiger partial charge >= 0.3 is 6.18 Å². The molecule has 0 spiro atoms. The maximum absolute atomic E-state index is 12.8. The second-order valence-electron chi connectivity index (χ2n) is 6.07. The summed E-state index contributed by atoms with van der Waals surface area (Å²) < 4.78 is 39.6. The molecule has 1 aliphatic rings. The minimum absolute atomic E-state index is 0.103. The van der Waals surface area contributed by atoms with Crippen LogP contribution in [0.3, 0.4) is 0 Å². The second kappa shape index (κ2) is 7.00. The molecule has 3 rings (SSSR count). The molecular weight excluding hydrogens is 369 g/mol. The van der Waals surface area contributed by atoms with Gasteiger partial charge in [-0.05, 0) is 31.0 Å². The molecular formula is C17H14ClF3N4O. The number of aromatic nitrogens is 2. The summed E-state index contributed by atoms with van der Waals surface area (Å²) in [6.45, 7) is 0. The first-order valence-electron chi connectivity index (χ1n) is 7.97. The van der Waals surface area contributed by atoms with Crippen molar-refractivity contribution in [3.8, 4) is 11.8 Å². The lowest BCUT2D eigenvalue weighted by molar-refractivity contribution is -0.137. The number of nitriles is 1. The number of halogens is 4. The van der Waals surface area contributed by atoms with Crippen molar-refractivity contribution in [3.63, 3.8) is 0 Å². The molecule has 136 valence electrons. The van der Waals surface area contributed by atoms with E-state index < -0.39 is 11.7 Å². The summed E-state index contributed by atoms with van der Waals surface area (Å²) in [5.41, 5.74) is -0.648. The number of hydrogen-bond acceptors (Lipinski definition) is 3. The van der Waals surface area contributed by atoms with Crippen molar-refractivity contribution >= 4 is 23.3 Å². The van der Waals surface area contributed by atoms with Crippen LogP contribution in [0.25, 0.3) is 5.69 Å². The normalized spacial score (nSPS) is 15.0. The van der Waals surface area contributed by atoms with Crippen molar-refractivity contribution in [3.05, 3.63) is 40.5 Å². The zero-order valence-electron chi connectivity index (χ0n) is 13.5. The van der Waals surface area contributed by atoms with Gasteiger partial charge in [-0.1, -0.05) is 24.4 Å². The number of anilines is 1. The third-order valence-electron chi connectivity index (χ3n) is 4.36. The first-order chi connectivity index (χ1) is 12.3. The number of amides is 1. The SMILES string of the molecule is N#Cc1cnn(-c2ccc(C(F)(F)F)cc2Cl)c1NC(=O)C1CCCC1. The van der Waals surface area contributed by atoms with Crippen LogP contribution in [0.1, 0.15) is 36.8 Å². The van der Waals surface area contributed by atoms with Crippen LogP contribution in [-0.4, -0.2) is 15.7 Å². The highest BCUT2D eigenvalue weighted by Crippen LogP contribution is 2.34. The van der Waals surface area contributed by atoms with Gasteiger partial charge in [0.05, 0.1) is 22.5 Å². The van der Waals surface area contributed by atoms with E-state index in [4.69, 9.17) is 11.6 Å². The van der Waals surface area contributed by atoms with E-state index in [0.29, 0.717) is 0 Å². The number of rotatable bonds is 3. The van der Waals surface area contributed by atoms with Crippen LogP contribution in [-0.2, 0) is 11.0 Å². The van der Waals surface area contributed by atoms with Gasteiger partial charge in [0.15, 0.2) is 5.82 Å². The lowest BCUT2D eigenvalue weighted by Crippen LogP contribution is -2.22. The van der Waals surface area contributed by atoms with Crippen molar-refractivity contribution in [1.82, 2.24) is 9.78 Å². The van der Waals surface area contributed by atoms with Gasteiger partial charge in [0, 0.05) is 5.92 Å². The van der Waals surface area contributed by atoms with Gasteiger partial charge in [-0.2, -0.15) is 23.5 Å². The number of carbonyl (C=O) groups is 1. The van der Waals surface area contributed by atoms with E-state index in [0.717, 1.165) is 43.9 Å². The predicted molar refractivity (Wildman–Crippen MR) is 88.9 cm³/mol. The molecule has 5 nitrogen and oxygen atoms in total. The van der Waals surface area contributed by atoms with Gasteiger partial charge in [-0.25, -0.2) is 4.68 Å². The lowest BCUT2D eigenvalue weighted by atomic mass is 10.1. The van der Waals surface area contributed by atoms with E-state index in [1.54, 1.807) is 0 Å². The van der Waals surface area contributed by atoms with Crippen molar-refractivity contribution in [2.75, 3.05) is 5.32 Å². The molecule has 0 aliphatic heterocycles. The molecule has 9 heteroatoms. The summed E-state index contributed by atoms with van der Waals surface area (Å²) in [6, 6.07) is 4.73. The minimum Gasteiger partial charge on any atom is -0.309 e. The van der Waals surface area contributed by atoms with Crippen LogP contribution in [0.4, 0.5) is 19.0 Å². The average Bonchev–Trinajstić information content (AvgIpc) is 3.23. The molecule has 1 aromatic carbocycles. The number of alkyl halides is 3. The van der Waals surface area contributed by atoms with Crippen LogP contribution < -0.4 is 5.32 Å². The molecule has 1 amide bonds. The summed E-state index contributed by atoms with van der Waals surface area (Å²) in [6.07, 6.45) is 0.175. The topological polar surface area (TPSA) is 70.7 Å². The number of nitrogens with zero attached hydrogens (tertiary/aromatic N) is 3. The summed E-state index contributed by atoms with van der Waals surface area (Å²) in [4.78, 5) is 12.4. The molecule has 0 saturated heterocycles. The zero-order chi connectivity index (χ0) is 18.9. The molecule has 0 atom stereocenters. The van der Waals surface area contributed by atoms with E-state index in [1.165, 1.54) is 10.9 Å². The van der Waals surface area contributed by atoms with E-state index in [-0.39, 0.29) is 33.9 Å². The standard InChI is InChI=1S/C17H14ClF3N4O/c18-13-7-12(17(19,20)21)5-6-14(13)25-15(11(8-22)9-23-25)24-16(26)10-3-1-2-4-10/h5-7,9-10H,1-4H2,(H,24,26). The Morgan fingerprint density at radius 1 is 1.35 bits per heavy atom. The molecule has 1 fully saturated rings. The third-order valence-corrected chi connectivity index (χ3v) is 4.66. The molecule has 1 aliphatic carbocycles. The monoisotopic (exact) mass is 382 g/mol. The molecule has 1 N–H and O–H groups in total. The Hall–Kier alpha value is -2.53. The quantitative estimate of drug-likeness (QED) is 0.846. The molecule has 0 unspecified atom stereocenters. The number of hydrogen-bond donors (Lipinski definition) is 1. The fourth-order valence-electron chi connectivity index (χ4n) is 2.99. The van der Waals surface area contributed by atoms with Crippen LogP contribution >= 0.6 is 11.6 Å². The van der Waals surface area contributed by atoms with Crippen LogP contribution in [0, 0.1) is 17.2 Å². The molecule has 0 radical (unpaired) electrons. The van der Waals surface area contributed by atoms with Gasteiger partial charge in [-0.3, -0.25) is 4.79 Å². The maximum atomic E-state index is 12.8. The largest absolute Gasteiger partial charge is 0.416 e. The first-order valence-corrected chi connectivity index (χ1v) is 8.35. The van der Waals surface area contributed by atoms with Gasteiger partial charge in [0.1, 0.15) is 11.6 Å². The van der Waals surface area contributed by atoms with Crippen molar-refractivity contribution in [1.29, 1.82) is 5.26 Å². The van der Waals surface area contributed by atoms with Crippen molar-refractivity contribution < 1.29 is 18.0 Å². The highest BCUT2D eigenvalue weighted by molar-refractivity contribution is 6.32. The summed E-state index contributed by atoms with van der Waals surface area (Å²) in [5.74, 6) is -0.275. The summed E-state index contributed by atoms with van der Waals surface area (Å²) in [5, 5.41) is 15.7. The number of nitrogens with one attached hydrogen (secondary N) is 1. The first kappa shape index (κ1) is 18.3. The van der Waals surface area contributed by atoms with E-state index in [2.05, 4.69) is 10.4 Å². The molecule has 1 aromatic heterocycles. The molecule has 0 bridgehead atoms. The Balaban J connectivity index is 1.97. The Morgan fingerprint density at radius 2 is 2.04 bits per heavy atom. The van der Waals surface area contributed by atoms with E-state index in [1.807, 2.05) is 6.07 Å². The fraction of sp³-hybridized carbons (Fsp3) is 0.353. The Kier molecular flexibility index (Phi) is 4.92. The predicted octanol–water partition coefficient (Wildman–Crippen LogP) is 4.54. The van der Waals surface area contributed by atoms with Gasteiger partial charge in [0.25, 0.3) is 0 Å². The summed E-state index contributed by atoms with van der Waals surface area (Å²) >= 11 is 6.00. The summed E-state index contributed by atoms with van der Waals surface area (Å²) in [7, 11) is 0. The van der Waals surface area contributed by atoms with Crippen LogP contribution in [0.5, 0.6) is 0 Å². The Bertz CT molecular complexity index is 879. The molecule has 1 saturated carbocycles. The van der Waals surface area contributed by atoms with Gasteiger partial charge in [0.2, 0.25) is 5.91 Å². The van der Waals surface area contributed by atoms with E-state index >= 15 is 0 Å². The van der Waals surface area contributed by atoms with Crippen molar-refractivity contribution in [2.24, 2.45) is 5.92 Å². The van der Waals surface area contributed by atoms with Crippen LogP contribution in [0.2, 0.25) is 5.02 Å². The van der Waals surface area contributed by atoms with Crippen LogP contribution in [0.15, 0.2) is 24.4 Å². The highest BCUT2D eigenvalue weighted by Gasteiger charge is 2.31. The van der Waals surface area contributed by atoms with Crippen molar-refractivity contribution in [2.45, 2.75) is 31.9 Å². The van der Waals surface area contributed by atoms with E-state index in [9.17, 15) is 23.2 Å². The molecule has 26 heavy (non-hydrogen) atoms. The highest BCUT2D eigenvalue weighted by atomic mass is 35.5. The molecule has 2 aromatic rings. The third kappa shape index (κ3) is 3.53. The molecule has 1 heterocycles. The number of carbonyl (C=O) groups excluding carboxylic acids is 1. The smallest absolute Gasteiger partial charge is 0.309 e. The Morgan fingerprint density at radius 3 is 2.62 bits per heavy atom. The maximum Gasteiger partial charge on any atom is 0.416 e. The Labute approximate surface area is 152 Å². The zero-order valence-corrected chi connectivity index (χ0v) is 14.2. The second-order valence-corrected chi connectivity index (χ2v) is 6.47. The average molecular weight is 383 g/mol.